The topological polar surface area (TPSA) is 32.5 Å². The average Bonchev–Trinajstić information content (AvgIpc) is 2.30. The highest BCUT2D eigenvalue weighted by atomic mass is 15.8. The number of hydrogen-bond donors (Lipinski definition) is 1. The highest BCUT2D eigenvalue weighted by Crippen LogP contribution is 2.16. The van der Waals surface area contributed by atoms with Crippen molar-refractivity contribution in [2.75, 3.05) is 13.1 Å². The molecular formula is C7H17N3. The predicted octanol–water partition coefficient (Wildman–Crippen LogP) is 0.581. The van der Waals surface area contributed by atoms with Crippen LogP contribution in [-0.4, -0.2) is 29.3 Å². The molecule has 1 atom stereocenters. The fraction of sp³-hybridized carbons (Fsp3) is 1.00. The molecule has 0 aromatic carbocycles. The van der Waals surface area contributed by atoms with E-state index in [4.69, 9.17) is 5.84 Å². The zero-order valence-electron chi connectivity index (χ0n) is 6.88. The SMILES string of the molecule is CCC1CCN(N)N1CC. The van der Waals surface area contributed by atoms with Crippen molar-refractivity contribution >= 4 is 0 Å². The van der Waals surface area contributed by atoms with Gasteiger partial charge in [-0.2, -0.15) is 5.12 Å². The largest absolute Gasteiger partial charge is 0.255 e. The lowest BCUT2D eigenvalue weighted by molar-refractivity contribution is 0.000316. The summed E-state index contributed by atoms with van der Waals surface area (Å²) >= 11 is 0. The third-order valence-electron chi connectivity index (χ3n) is 2.24. The lowest BCUT2D eigenvalue weighted by Crippen LogP contribution is -2.44. The van der Waals surface area contributed by atoms with Crippen molar-refractivity contribution in [3.8, 4) is 0 Å². The van der Waals surface area contributed by atoms with Gasteiger partial charge in [0, 0.05) is 19.1 Å². The van der Waals surface area contributed by atoms with Crippen molar-refractivity contribution in [3.05, 3.63) is 0 Å². The Kier molecular flexibility index (Phi) is 2.65. The molecule has 0 amide bonds. The maximum absolute atomic E-state index is 5.71. The van der Waals surface area contributed by atoms with Gasteiger partial charge < -0.3 is 0 Å². The minimum absolute atomic E-state index is 0.690. The van der Waals surface area contributed by atoms with E-state index in [1.165, 1.54) is 12.8 Å². The molecule has 3 heteroatoms. The molecule has 0 spiro atoms. The molecule has 1 rings (SSSR count). The molecule has 0 radical (unpaired) electrons. The van der Waals surface area contributed by atoms with E-state index in [1.807, 2.05) is 5.12 Å². The fourth-order valence-corrected chi connectivity index (χ4v) is 1.62. The Bertz CT molecular complexity index is 105. The molecule has 10 heavy (non-hydrogen) atoms. The summed E-state index contributed by atoms with van der Waals surface area (Å²) in [5.74, 6) is 5.71. The van der Waals surface area contributed by atoms with Crippen LogP contribution >= 0.6 is 0 Å². The first kappa shape index (κ1) is 7.98. The lowest BCUT2D eigenvalue weighted by Gasteiger charge is -2.26. The smallest absolute Gasteiger partial charge is 0.0303 e. The molecule has 1 heterocycles. The minimum atomic E-state index is 0.690. The first-order valence-electron chi connectivity index (χ1n) is 4.08. The second kappa shape index (κ2) is 3.32. The summed E-state index contributed by atoms with van der Waals surface area (Å²) in [5, 5.41) is 4.08. The molecule has 0 aliphatic carbocycles. The highest BCUT2D eigenvalue weighted by Gasteiger charge is 2.26. The molecule has 0 aromatic heterocycles. The Hall–Kier alpha value is -0.120. The van der Waals surface area contributed by atoms with Crippen LogP contribution in [0.25, 0.3) is 0 Å². The Morgan fingerprint density at radius 1 is 1.50 bits per heavy atom. The minimum Gasteiger partial charge on any atom is -0.255 e. The normalized spacial score (nSPS) is 29.7. The van der Waals surface area contributed by atoms with Gasteiger partial charge in [-0.25, -0.2) is 5.01 Å². The first-order valence-corrected chi connectivity index (χ1v) is 4.08. The number of nitrogens with two attached hydrogens (primary N) is 1. The van der Waals surface area contributed by atoms with Crippen molar-refractivity contribution < 1.29 is 0 Å². The van der Waals surface area contributed by atoms with Gasteiger partial charge in [-0.05, 0) is 12.8 Å². The van der Waals surface area contributed by atoms with Crippen LogP contribution in [-0.2, 0) is 0 Å². The van der Waals surface area contributed by atoms with E-state index >= 15 is 0 Å². The van der Waals surface area contributed by atoms with Crippen LogP contribution in [0.4, 0.5) is 0 Å². The molecule has 0 saturated carbocycles. The van der Waals surface area contributed by atoms with Crippen LogP contribution in [0.1, 0.15) is 26.7 Å². The number of nitrogens with zero attached hydrogens (tertiary/aromatic N) is 2. The Labute approximate surface area is 62.7 Å². The van der Waals surface area contributed by atoms with E-state index in [9.17, 15) is 0 Å². The molecule has 1 aliphatic rings. The van der Waals surface area contributed by atoms with Gasteiger partial charge in [0.1, 0.15) is 0 Å². The quantitative estimate of drug-likeness (QED) is 0.574. The summed E-state index contributed by atoms with van der Waals surface area (Å²) in [7, 11) is 0. The first-order chi connectivity index (χ1) is 4.79. The molecule has 1 aliphatic heterocycles. The van der Waals surface area contributed by atoms with Crippen LogP contribution < -0.4 is 5.84 Å². The van der Waals surface area contributed by atoms with E-state index in [1.54, 1.807) is 0 Å². The van der Waals surface area contributed by atoms with E-state index in [2.05, 4.69) is 18.9 Å². The highest BCUT2D eigenvalue weighted by molar-refractivity contribution is 4.73. The van der Waals surface area contributed by atoms with E-state index in [0.29, 0.717) is 6.04 Å². The maximum Gasteiger partial charge on any atom is 0.0303 e. The van der Waals surface area contributed by atoms with E-state index in [0.717, 1.165) is 13.1 Å². The Morgan fingerprint density at radius 3 is 2.60 bits per heavy atom. The zero-order chi connectivity index (χ0) is 7.56. The van der Waals surface area contributed by atoms with Crippen molar-refractivity contribution in [1.82, 2.24) is 10.1 Å². The van der Waals surface area contributed by atoms with Crippen LogP contribution in [0.3, 0.4) is 0 Å². The van der Waals surface area contributed by atoms with Crippen LogP contribution in [0.15, 0.2) is 0 Å². The van der Waals surface area contributed by atoms with E-state index < -0.39 is 0 Å². The van der Waals surface area contributed by atoms with Crippen LogP contribution in [0, 0.1) is 0 Å². The van der Waals surface area contributed by atoms with Gasteiger partial charge >= 0.3 is 0 Å². The molecule has 1 saturated heterocycles. The van der Waals surface area contributed by atoms with E-state index in [-0.39, 0.29) is 0 Å². The van der Waals surface area contributed by atoms with Gasteiger partial charge in [0.25, 0.3) is 0 Å². The monoisotopic (exact) mass is 143 g/mol. The maximum atomic E-state index is 5.71. The predicted molar refractivity (Wildman–Crippen MR) is 42.0 cm³/mol. The second-order valence-electron chi connectivity index (χ2n) is 2.77. The number of hydrazine groups is 2. The molecule has 1 unspecified atom stereocenters. The van der Waals surface area contributed by atoms with Gasteiger partial charge in [0.15, 0.2) is 0 Å². The Balaban J connectivity index is 2.45. The van der Waals surface area contributed by atoms with Crippen molar-refractivity contribution in [2.45, 2.75) is 32.7 Å². The average molecular weight is 143 g/mol. The lowest BCUT2D eigenvalue weighted by atomic mass is 10.2. The summed E-state index contributed by atoms with van der Waals surface area (Å²) in [5.41, 5.74) is 0. The summed E-state index contributed by atoms with van der Waals surface area (Å²) in [6.07, 6.45) is 2.43. The third-order valence-corrected chi connectivity index (χ3v) is 2.24. The van der Waals surface area contributed by atoms with Crippen LogP contribution in [0.2, 0.25) is 0 Å². The molecule has 0 bridgehead atoms. The van der Waals surface area contributed by atoms with Crippen molar-refractivity contribution in [1.29, 1.82) is 0 Å². The number of rotatable bonds is 2. The van der Waals surface area contributed by atoms with Crippen molar-refractivity contribution in [3.63, 3.8) is 0 Å². The fourth-order valence-electron chi connectivity index (χ4n) is 1.62. The molecule has 3 nitrogen and oxygen atoms in total. The molecule has 60 valence electrons. The molecule has 1 fully saturated rings. The molecular weight excluding hydrogens is 126 g/mol. The third kappa shape index (κ3) is 1.31. The van der Waals surface area contributed by atoms with Crippen molar-refractivity contribution in [2.24, 2.45) is 5.84 Å². The van der Waals surface area contributed by atoms with Gasteiger partial charge in [-0.3, -0.25) is 5.84 Å². The van der Waals surface area contributed by atoms with Gasteiger partial charge in [-0.15, -0.1) is 0 Å². The summed E-state index contributed by atoms with van der Waals surface area (Å²) in [4.78, 5) is 0. The summed E-state index contributed by atoms with van der Waals surface area (Å²) in [6, 6.07) is 0.690. The second-order valence-corrected chi connectivity index (χ2v) is 2.77. The summed E-state index contributed by atoms with van der Waals surface area (Å²) < 4.78 is 0. The number of hydrogen-bond acceptors (Lipinski definition) is 3. The standard InChI is InChI=1S/C7H17N3/c1-3-7-5-6-10(8)9(7)4-2/h7H,3-6,8H2,1-2H3. The summed E-state index contributed by atoms with van der Waals surface area (Å²) in [6.45, 7) is 6.42. The Morgan fingerprint density at radius 2 is 2.20 bits per heavy atom. The van der Waals surface area contributed by atoms with Gasteiger partial charge in [-0.1, -0.05) is 13.8 Å². The molecule has 2 N–H and O–H groups in total. The van der Waals surface area contributed by atoms with Gasteiger partial charge in [0.2, 0.25) is 0 Å². The van der Waals surface area contributed by atoms with Crippen LogP contribution in [0.5, 0.6) is 0 Å². The van der Waals surface area contributed by atoms with Gasteiger partial charge in [0.05, 0.1) is 0 Å². The molecule has 0 aromatic rings. The zero-order valence-corrected chi connectivity index (χ0v) is 6.88.